The van der Waals surface area contributed by atoms with Gasteiger partial charge in [0.1, 0.15) is 24.2 Å². The fraction of sp³-hybridized carbons (Fsp3) is 0.400. The minimum atomic E-state index is -0.552. The lowest BCUT2D eigenvalue weighted by Crippen LogP contribution is -2.49. The van der Waals surface area contributed by atoms with Gasteiger partial charge in [-0.25, -0.2) is 0 Å². The van der Waals surface area contributed by atoms with Crippen molar-refractivity contribution in [3.63, 3.8) is 0 Å². The number of ether oxygens (including phenoxy) is 2. The van der Waals surface area contributed by atoms with E-state index in [0.29, 0.717) is 17.3 Å². The summed E-state index contributed by atoms with van der Waals surface area (Å²) in [5.41, 5.74) is 1.12. The summed E-state index contributed by atoms with van der Waals surface area (Å²) in [6.07, 6.45) is -0.552. The van der Waals surface area contributed by atoms with E-state index in [-0.39, 0.29) is 6.61 Å². The highest BCUT2D eigenvalue weighted by molar-refractivity contribution is 6.32. The third kappa shape index (κ3) is 4.81. The van der Waals surface area contributed by atoms with Crippen LogP contribution >= 0.6 is 11.6 Å². The molecule has 1 heterocycles. The molecule has 0 aromatic heterocycles. The summed E-state index contributed by atoms with van der Waals surface area (Å²) in [4.78, 5) is 4.58. The molecule has 5 nitrogen and oxygen atoms in total. The normalized spacial score (nSPS) is 16.3. The molecule has 26 heavy (non-hydrogen) atoms. The van der Waals surface area contributed by atoms with E-state index in [4.69, 9.17) is 21.1 Å². The van der Waals surface area contributed by atoms with E-state index in [1.807, 2.05) is 30.3 Å². The summed E-state index contributed by atoms with van der Waals surface area (Å²) < 4.78 is 11.1. The van der Waals surface area contributed by atoms with Crippen LogP contribution < -0.4 is 14.4 Å². The van der Waals surface area contributed by atoms with Crippen LogP contribution in [0.2, 0.25) is 5.02 Å². The van der Waals surface area contributed by atoms with Crippen molar-refractivity contribution in [2.75, 3.05) is 51.3 Å². The number of aliphatic hydroxyl groups is 1. The first-order chi connectivity index (χ1) is 12.7. The molecule has 1 aliphatic heterocycles. The molecule has 1 atom stereocenters. The smallest absolute Gasteiger partial charge is 0.142 e. The number of anilines is 1. The SMILES string of the molecule is COc1ccccc1N1CCN(CC(O)COc2ccccc2Cl)CC1. The van der Waals surface area contributed by atoms with Gasteiger partial charge in [-0.3, -0.25) is 4.90 Å². The maximum absolute atomic E-state index is 10.3. The van der Waals surface area contributed by atoms with E-state index >= 15 is 0 Å². The first-order valence-electron chi connectivity index (χ1n) is 8.83. The second-order valence-electron chi connectivity index (χ2n) is 6.35. The number of para-hydroxylation sites is 3. The standard InChI is InChI=1S/C20H25ClN2O3/c1-25-20-9-5-3-7-18(20)23-12-10-22(11-13-23)14-16(24)15-26-19-8-4-2-6-17(19)21/h2-9,16,24H,10-15H2,1H3. The summed E-state index contributed by atoms with van der Waals surface area (Å²) in [5.74, 6) is 1.50. The van der Waals surface area contributed by atoms with Gasteiger partial charge in [0.15, 0.2) is 0 Å². The van der Waals surface area contributed by atoms with Crippen molar-refractivity contribution in [1.82, 2.24) is 4.90 Å². The van der Waals surface area contributed by atoms with Crippen molar-refractivity contribution in [3.8, 4) is 11.5 Å². The molecule has 1 fully saturated rings. The van der Waals surface area contributed by atoms with Crippen LogP contribution in [-0.4, -0.2) is 62.6 Å². The number of piperazine rings is 1. The van der Waals surface area contributed by atoms with Crippen LogP contribution in [0.5, 0.6) is 11.5 Å². The van der Waals surface area contributed by atoms with Gasteiger partial charge in [-0.1, -0.05) is 35.9 Å². The summed E-state index contributed by atoms with van der Waals surface area (Å²) in [6.45, 7) is 4.40. The zero-order valence-electron chi connectivity index (χ0n) is 15.0. The van der Waals surface area contributed by atoms with Crippen molar-refractivity contribution in [2.24, 2.45) is 0 Å². The third-order valence-electron chi connectivity index (χ3n) is 4.53. The van der Waals surface area contributed by atoms with E-state index in [1.54, 1.807) is 19.2 Å². The van der Waals surface area contributed by atoms with E-state index in [1.165, 1.54) is 0 Å². The Morgan fingerprint density at radius 2 is 1.65 bits per heavy atom. The third-order valence-corrected chi connectivity index (χ3v) is 4.85. The Hall–Kier alpha value is -1.95. The van der Waals surface area contributed by atoms with Gasteiger partial charge in [0.05, 0.1) is 17.8 Å². The van der Waals surface area contributed by atoms with E-state index in [9.17, 15) is 5.11 Å². The maximum Gasteiger partial charge on any atom is 0.142 e. The lowest BCUT2D eigenvalue weighted by molar-refractivity contribution is 0.0663. The Balaban J connectivity index is 1.45. The van der Waals surface area contributed by atoms with Gasteiger partial charge in [0, 0.05) is 32.7 Å². The number of rotatable bonds is 7. The highest BCUT2D eigenvalue weighted by Crippen LogP contribution is 2.28. The van der Waals surface area contributed by atoms with Crippen LogP contribution in [-0.2, 0) is 0 Å². The molecule has 1 aliphatic rings. The molecule has 3 rings (SSSR count). The number of hydrogen-bond acceptors (Lipinski definition) is 5. The van der Waals surface area contributed by atoms with E-state index in [2.05, 4.69) is 15.9 Å². The molecule has 140 valence electrons. The minimum Gasteiger partial charge on any atom is -0.495 e. The van der Waals surface area contributed by atoms with Gasteiger partial charge in [0.2, 0.25) is 0 Å². The summed E-state index contributed by atoms with van der Waals surface area (Å²) in [5, 5.41) is 10.8. The lowest BCUT2D eigenvalue weighted by atomic mass is 10.2. The zero-order chi connectivity index (χ0) is 18.4. The van der Waals surface area contributed by atoms with Crippen molar-refractivity contribution in [1.29, 1.82) is 0 Å². The average Bonchev–Trinajstić information content (AvgIpc) is 2.68. The molecule has 1 N–H and O–H groups in total. The Morgan fingerprint density at radius 1 is 1.00 bits per heavy atom. The van der Waals surface area contributed by atoms with Crippen molar-refractivity contribution >= 4 is 17.3 Å². The lowest BCUT2D eigenvalue weighted by Gasteiger charge is -2.37. The van der Waals surface area contributed by atoms with Crippen LogP contribution in [0.3, 0.4) is 0 Å². The monoisotopic (exact) mass is 376 g/mol. The molecule has 0 spiro atoms. The van der Waals surface area contributed by atoms with Gasteiger partial charge < -0.3 is 19.5 Å². The second kappa shape index (κ2) is 9.12. The quantitative estimate of drug-likeness (QED) is 0.805. The predicted octanol–water partition coefficient (Wildman–Crippen LogP) is 2.91. The number of hydrogen-bond donors (Lipinski definition) is 1. The van der Waals surface area contributed by atoms with Crippen LogP contribution in [0.25, 0.3) is 0 Å². The van der Waals surface area contributed by atoms with Gasteiger partial charge in [-0.05, 0) is 24.3 Å². The van der Waals surface area contributed by atoms with Gasteiger partial charge in [-0.2, -0.15) is 0 Å². The molecule has 0 bridgehead atoms. The largest absolute Gasteiger partial charge is 0.495 e. The molecule has 0 radical (unpaired) electrons. The van der Waals surface area contributed by atoms with E-state index in [0.717, 1.165) is 37.6 Å². The van der Waals surface area contributed by atoms with Crippen LogP contribution in [0, 0.1) is 0 Å². The zero-order valence-corrected chi connectivity index (χ0v) is 15.7. The molecular weight excluding hydrogens is 352 g/mol. The van der Waals surface area contributed by atoms with Crippen molar-refractivity contribution in [3.05, 3.63) is 53.6 Å². The minimum absolute atomic E-state index is 0.233. The van der Waals surface area contributed by atoms with Gasteiger partial charge in [-0.15, -0.1) is 0 Å². The second-order valence-corrected chi connectivity index (χ2v) is 6.76. The highest BCUT2D eigenvalue weighted by Gasteiger charge is 2.21. The molecule has 1 unspecified atom stereocenters. The topological polar surface area (TPSA) is 45.2 Å². The van der Waals surface area contributed by atoms with Crippen molar-refractivity contribution in [2.45, 2.75) is 6.10 Å². The fourth-order valence-electron chi connectivity index (χ4n) is 3.16. The average molecular weight is 377 g/mol. The van der Waals surface area contributed by atoms with E-state index < -0.39 is 6.10 Å². The number of halogens is 1. The maximum atomic E-state index is 10.3. The van der Waals surface area contributed by atoms with Gasteiger partial charge in [0.25, 0.3) is 0 Å². The molecular formula is C20H25ClN2O3. The molecule has 2 aromatic rings. The summed E-state index contributed by atoms with van der Waals surface area (Å²) >= 11 is 6.07. The molecule has 0 saturated carbocycles. The Bertz CT molecular complexity index is 705. The first kappa shape index (κ1) is 18.8. The molecule has 2 aromatic carbocycles. The van der Waals surface area contributed by atoms with Crippen molar-refractivity contribution < 1.29 is 14.6 Å². The Kier molecular flexibility index (Phi) is 6.61. The number of β-amino-alcohol motifs (C(OH)–C–C–N with tert-alkyl or cyclic N) is 1. The van der Waals surface area contributed by atoms with Crippen LogP contribution in [0.15, 0.2) is 48.5 Å². The molecule has 0 aliphatic carbocycles. The van der Waals surface area contributed by atoms with Gasteiger partial charge >= 0.3 is 0 Å². The summed E-state index contributed by atoms with van der Waals surface area (Å²) in [7, 11) is 1.70. The predicted molar refractivity (Wildman–Crippen MR) is 105 cm³/mol. The number of methoxy groups -OCH3 is 1. The first-order valence-corrected chi connectivity index (χ1v) is 9.21. The number of benzene rings is 2. The molecule has 6 heteroatoms. The van der Waals surface area contributed by atoms with Crippen LogP contribution in [0.4, 0.5) is 5.69 Å². The number of nitrogens with zero attached hydrogens (tertiary/aromatic N) is 2. The number of aliphatic hydroxyl groups excluding tert-OH is 1. The highest BCUT2D eigenvalue weighted by atomic mass is 35.5. The molecule has 0 amide bonds. The Labute approximate surface area is 159 Å². The Morgan fingerprint density at radius 3 is 2.35 bits per heavy atom. The summed E-state index contributed by atoms with van der Waals surface area (Å²) in [6, 6.07) is 15.4. The van der Waals surface area contributed by atoms with Crippen LogP contribution in [0.1, 0.15) is 0 Å². The molecule has 1 saturated heterocycles. The fourth-order valence-corrected chi connectivity index (χ4v) is 3.35.